The second-order valence-electron chi connectivity index (χ2n) is 5.00. The summed E-state index contributed by atoms with van der Waals surface area (Å²) in [5.41, 5.74) is 1.07. The summed E-state index contributed by atoms with van der Waals surface area (Å²) >= 11 is 0. The first-order valence-corrected chi connectivity index (χ1v) is 6.94. The molecule has 0 bridgehead atoms. The van der Waals surface area contributed by atoms with Crippen molar-refractivity contribution in [1.29, 1.82) is 0 Å². The quantitative estimate of drug-likeness (QED) is 0.838. The molecule has 2 rings (SSSR count). The van der Waals surface area contributed by atoms with Gasteiger partial charge in [0.25, 0.3) is 0 Å². The van der Waals surface area contributed by atoms with Crippen molar-refractivity contribution < 1.29 is 9.84 Å². The van der Waals surface area contributed by atoms with Crippen LogP contribution in [0.5, 0.6) is 0 Å². The van der Waals surface area contributed by atoms with Crippen LogP contribution in [0.1, 0.15) is 25.2 Å². The van der Waals surface area contributed by atoms with Gasteiger partial charge >= 0.3 is 0 Å². The maximum Gasteiger partial charge on any atom is 0.174 e. The maximum absolute atomic E-state index is 9.91. The molecule has 21 heavy (non-hydrogen) atoms. The van der Waals surface area contributed by atoms with Gasteiger partial charge in [0.15, 0.2) is 5.82 Å². The lowest BCUT2D eigenvalue weighted by Crippen LogP contribution is -2.25. The smallest absolute Gasteiger partial charge is 0.174 e. The first kappa shape index (κ1) is 15.3. The lowest BCUT2D eigenvalue weighted by atomic mass is 10.2. The molecule has 0 aliphatic heterocycles. The summed E-state index contributed by atoms with van der Waals surface area (Å²) in [7, 11) is 0. The Morgan fingerprint density at radius 1 is 1.24 bits per heavy atom. The maximum atomic E-state index is 9.91. The molecule has 2 aromatic rings. The highest BCUT2D eigenvalue weighted by atomic mass is 16.5. The monoisotopic (exact) mass is 288 g/mol. The van der Waals surface area contributed by atoms with Crippen molar-refractivity contribution >= 4 is 12.2 Å². The van der Waals surface area contributed by atoms with Crippen molar-refractivity contribution in [3.05, 3.63) is 41.7 Å². The van der Waals surface area contributed by atoms with E-state index in [2.05, 4.69) is 15.5 Å². The van der Waals surface area contributed by atoms with E-state index in [9.17, 15) is 5.11 Å². The van der Waals surface area contributed by atoms with Gasteiger partial charge in [-0.15, -0.1) is 5.10 Å². The Bertz CT molecular complexity index is 566. The Kier molecular flexibility index (Phi) is 5.59. The van der Waals surface area contributed by atoms with E-state index in [0.29, 0.717) is 12.4 Å². The summed E-state index contributed by atoms with van der Waals surface area (Å²) in [5.74, 6) is 0.599. The highest BCUT2D eigenvalue weighted by Gasteiger charge is 2.10. The average Bonchev–Trinajstić information content (AvgIpc) is 2.91. The number of aromatic nitrogens is 4. The zero-order valence-electron chi connectivity index (χ0n) is 12.3. The molecular weight excluding hydrogens is 268 g/mol. The number of tetrazole rings is 1. The fraction of sp³-hybridized carbons (Fsp3) is 0.400. The Labute approximate surface area is 124 Å². The van der Waals surface area contributed by atoms with E-state index in [1.54, 1.807) is 4.68 Å². The van der Waals surface area contributed by atoms with Gasteiger partial charge in [0, 0.05) is 0 Å². The summed E-state index contributed by atoms with van der Waals surface area (Å²) in [6, 6.07) is 9.89. The van der Waals surface area contributed by atoms with Gasteiger partial charge in [0.1, 0.15) is 0 Å². The molecule has 1 aromatic carbocycles. The summed E-state index contributed by atoms with van der Waals surface area (Å²) < 4.78 is 6.93. The Hall–Kier alpha value is -2.05. The number of nitrogens with zero attached hydrogens (tertiary/aromatic N) is 4. The second kappa shape index (κ2) is 7.66. The van der Waals surface area contributed by atoms with Gasteiger partial charge in [-0.2, -0.15) is 0 Å². The topological polar surface area (TPSA) is 73.1 Å². The van der Waals surface area contributed by atoms with Gasteiger partial charge in [-0.25, -0.2) is 4.68 Å². The fourth-order valence-electron chi connectivity index (χ4n) is 1.75. The summed E-state index contributed by atoms with van der Waals surface area (Å²) in [4.78, 5) is 0. The lowest BCUT2D eigenvalue weighted by Gasteiger charge is -2.13. The van der Waals surface area contributed by atoms with Gasteiger partial charge in [-0.3, -0.25) is 0 Å². The third kappa shape index (κ3) is 5.09. The van der Waals surface area contributed by atoms with Crippen molar-refractivity contribution in [1.82, 2.24) is 20.2 Å². The summed E-state index contributed by atoms with van der Waals surface area (Å²) in [6.07, 6.45) is 3.20. The zero-order valence-corrected chi connectivity index (χ0v) is 12.3. The normalized spacial score (nSPS) is 13.1. The lowest BCUT2D eigenvalue weighted by molar-refractivity contribution is -0.00229. The molecule has 6 nitrogen and oxygen atoms in total. The van der Waals surface area contributed by atoms with E-state index < -0.39 is 6.10 Å². The van der Waals surface area contributed by atoms with Crippen LogP contribution in [-0.2, 0) is 11.3 Å². The Morgan fingerprint density at radius 3 is 2.71 bits per heavy atom. The van der Waals surface area contributed by atoms with E-state index in [1.165, 1.54) is 0 Å². The number of hydrogen-bond donors (Lipinski definition) is 1. The van der Waals surface area contributed by atoms with Crippen LogP contribution in [0.15, 0.2) is 30.3 Å². The highest BCUT2D eigenvalue weighted by Crippen LogP contribution is 2.06. The predicted molar refractivity (Wildman–Crippen MR) is 80.3 cm³/mol. The third-order valence-electron chi connectivity index (χ3n) is 2.79. The SMILES string of the molecule is CC(C)OCC(O)Cn1nnnc1/C=C/c1ccccc1. The van der Waals surface area contributed by atoms with Crippen LogP contribution in [-0.4, -0.2) is 44.1 Å². The molecule has 112 valence electrons. The largest absolute Gasteiger partial charge is 0.389 e. The van der Waals surface area contributed by atoms with Gasteiger partial charge < -0.3 is 9.84 Å². The molecule has 6 heteroatoms. The Balaban J connectivity index is 1.97. The molecule has 0 saturated heterocycles. The average molecular weight is 288 g/mol. The van der Waals surface area contributed by atoms with E-state index >= 15 is 0 Å². The standard InChI is InChI=1S/C15H20N4O2/c1-12(2)21-11-14(20)10-19-15(16-17-18-19)9-8-13-6-4-3-5-7-13/h3-9,12,14,20H,10-11H2,1-2H3/b9-8+. The van der Waals surface area contributed by atoms with Crippen LogP contribution in [0, 0.1) is 0 Å². The minimum Gasteiger partial charge on any atom is -0.389 e. The molecule has 1 unspecified atom stereocenters. The van der Waals surface area contributed by atoms with Crippen molar-refractivity contribution in [2.45, 2.75) is 32.6 Å². The van der Waals surface area contributed by atoms with E-state index in [0.717, 1.165) is 5.56 Å². The highest BCUT2D eigenvalue weighted by molar-refractivity contribution is 5.66. The first-order valence-electron chi connectivity index (χ1n) is 6.94. The van der Waals surface area contributed by atoms with Gasteiger partial charge in [0.05, 0.1) is 25.4 Å². The van der Waals surface area contributed by atoms with Crippen molar-refractivity contribution in [2.75, 3.05) is 6.61 Å². The molecule has 0 aliphatic carbocycles. The molecule has 0 fully saturated rings. The van der Waals surface area contributed by atoms with Gasteiger partial charge in [0.2, 0.25) is 0 Å². The third-order valence-corrected chi connectivity index (χ3v) is 2.79. The van der Waals surface area contributed by atoms with Crippen molar-refractivity contribution in [2.24, 2.45) is 0 Å². The summed E-state index contributed by atoms with van der Waals surface area (Å²) in [6.45, 7) is 4.42. The van der Waals surface area contributed by atoms with Crippen molar-refractivity contribution in [3.8, 4) is 0 Å². The molecule has 1 heterocycles. The molecule has 1 atom stereocenters. The molecule has 0 amide bonds. The number of hydrogen-bond acceptors (Lipinski definition) is 5. The number of rotatable bonds is 7. The molecule has 0 saturated carbocycles. The second-order valence-corrected chi connectivity index (χ2v) is 5.00. The zero-order chi connectivity index (χ0) is 15.1. The fourth-order valence-corrected chi connectivity index (χ4v) is 1.75. The van der Waals surface area contributed by atoms with E-state index in [4.69, 9.17) is 4.74 Å². The summed E-state index contributed by atoms with van der Waals surface area (Å²) in [5, 5.41) is 21.4. The minimum absolute atomic E-state index is 0.0889. The van der Waals surface area contributed by atoms with Crippen LogP contribution in [0.4, 0.5) is 0 Å². The van der Waals surface area contributed by atoms with Crippen LogP contribution < -0.4 is 0 Å². The number of benzene rings is 1. The molecular formula is C15H20N4O2. The molecule has 0 aliphatic rings. The van der Waals surface area contributed by atoms with E-state index in [1.807, 2.05) is 56.3 Å². The predicted octanol–water partition coefficient (Wildman–Crippen LogP) is 1.63. The van der Waals surface area contributed by atoms with Crippen LogP contribution in [0.3, 0.4) is 0 Å². The Morgan fingerprint density at radius 2 is 2.00 bits per heavy atom. The van der Waals surface area contributed by atoms with Crippen LogP contribution >= 0.6 is 0 Å². The molecule has 1 aromatic heterocycles. The number of ether oxygens (including phenoxy) is 1. The van der Waals surface area contributed by atoms with Crippen LogP contribution in [0.25, 0.3) is 12.2 Å². The van der Waals surface area contributed by atoms with Crippen molar-refractivity contribution in [3.63, 3.8) is 0 Å². The van der Waals surface area contributed by atoms with Gasteiger partial charge in [-0.05, 0) is 35.9 Å². The van der Waals surface area contributed by atoms with Crippen LogP contribution in [0.2, 0.25) is 0 Å². The molecule has 1 N–H and O–H groups in total. The van der Waals surface area contributed by atoms with E-state index in [-0.39, 0.29) is 12.7 Å². The van der Waals surface area contributed by atoms with Gasteiger partial charge in [-0.1, -0.05) is 36.4 Å². The molecule has 0 spiro atoms. The molecule has 0 radical (unpaired) electrons. The first-order chi connectivity index (χ1) is 10.1. The number of aliphatic hydroxyl groups excluding tert-OH is 1. The number of aliphatic hydroxyl groups is 1. The minimum atomic E-state index is -0.639.